The van der Waals surface area contributed by atoms with Crippen LogP contribution in [0.3, 0.4) is 0 Å². The molecular formula is C21H24ClF2N3O. The molecule has 1 amide bonds. The van der Waals surface area contributed by atoms with E-state index in [-0.39, 0.29) is 16.4 Å². The quantitative estimate of drug-likeness (QED) is 0.804. The molecule has 1 fully saturated rings. The van der Waals surface area contributed by atoms with Crippen LogP contribution in [0.15, 0.2) is 36.4 Å². The van der Waals surface area contributed by atoms with E-state index in [1.54, 1.807) is 13.0 Å². The van der Waals surface area contributed by atoms with E-state index in [0.29, 0.717) is 5.56 Å². The molecule has 1 saturated heterocycles. The van der Waals surface area contributed by atoms with Crippen LogP contribution in [0, 0.1) is 11.6 Å². The summed E-state index contributed by atoms with van der Waals surface area (Å²) >= 11 is 5.99. The molecule has 4 nitrogen and oxygen atoms in total. The Morgan fingerprint density at radius 3 is 2.39 bits per heavy atom. The highest BCUT2D eigenvalue weighted by molar-refractivity contribution is 6.33. The van der Waals surface area contributed by atoms with Crippen molar-refractivity contribution in [3.05, 3.63) is 64.2 Å². The van der Waals surface area contributed by atoms with Crippen LogP contribution in [-0.4, -0.2) is 43.5 Å². The highest BCUT2D eigenvalue weighted by Gasteiger charge is 2.22. The van der Waals surface area contributed by atoms with E-state index in [1.807, 2.05) is 0 Å². The largest absolute Gasteiger partial charge is 0.369 e. The van der Waals surface area contributed by atoms with Crippen molar-refractivity contribution < 1.29 is 13.6 Å². The zero-order chi connectivity index (χ0) is 20.3. The van der Waals surface area contributed by atoms with Gasteiger partial charge in [-0.1, -0.05) is 18.5 Å². The van der Waals surface area contributed by atoms with Gasteiger partial charge in [0, 0.05) is 37.4 Å². The van der Waals surface area contributed by atoms with Crippen LogP contribution in [0.25, 0.3) is 0 Å². The fourth-order valence-electron chi connectivity index (χ4n) is 3.49. The highest BCUT2D eigenvalue weighted by atomic mass is 35.5. The Balaban J connectivity index is 1.80. The first-order valence-corrected chi connectivity index (χ1v) is 9.79. The standard InChI is InChI=1S/C21H24ClF2N3O/c1-3-26-8-10-27(11-9-26)20-7-5-15(23)12-18(20)14(2)25-21(28)17-6-4-16(24)13-19(17)22/h4-7,12-14H,3,8-11H2,1-2H3,(H,25,28). The minimum atomic E-state index is -0.506. The maximum atomic E-state index is 14.0. The molecule has 3 rings (SSSR count). The van der Waals surface area contributed by atoms with E-state index in [0.717, 1.165) is 44.5 Å². The Labute approximate surface area is 169 Å². The third-order valence-electron chi connectivity index (χ3n) is 5.14. The Bertz CT molecular complexity index is 854. The van der Waals surface area contributed by atoms with Gasteiger partial charge < -0.3 is 15.1 Å². The molecule has 1 aliphatic rings. The monoisotopic (exact) mass is 407 g/mol. The number of nitrogens with one attached hydrogen (secondary N) is 1. The van der Waals surface area contributed by atoms with E-state index in [4.69, 9.17) is 11.6 Å². The Kier molecular flexibility index (Phi) is 6.52. The number of likely N-dealkylation sites (N-methyl/N-ethyl adjacent to an activating group) is 1. The Morgan fingerprint density at radius 1 is 1.11 bits per heavy atom. The van der Waals surface area contributed by atoms with Crippen LogP contribution in [0.2, 0.25) is 5.02 Å². The molecule has 0 saturated carbocycles. The number of carbonyl (C=O) groups is 1. The lowest BCUT2D eigenvalue weighted by Gasteiger charge is -2.37. The number of nitrogens with zero attached hydrogens (tertiary/aromatic N) is 2. The fourth-order valence-corrected chi connectivity index (χ4v) is 3.74. The van der Waals surface area contributed by atoms with E-state index >= 15 is 0 Å². The van der Waals surface area contributed by atoms with Gasteiger partial charge in [0.15, 0.2) is 0 Å². The zero-order valence-electron chi connectivity index (χ0n) is 16.0. The molecule has 28 heavy (non-hydrogen) atoms. The van der Waals surface area contributed by atoms with E-state index in [2.05, 4.69) is 22.0 Å². The normalized spacial score (nSPS) is 16.1. The second-order valence-corrected chi connectivity index (χ2v) is 7.35. The van der Waals surface area contributed by atoms with Gasteiger partial charge in [0.1, 0.15) is 11.6 Å². The maximum Gasteiger partial charge on any atom is 0.253 e. The lowest BCUT2D eigenvalue weighted by molar-refractivity contribution is 0.0940. The van der Waals surface area contributed by atoms with Crippen LogP contribution in [-0.2, 0) is 0 Å². The SMILES string of the molecule is CCN1CCN(c2ccc(F)cc2C(C)NC(=O)c2ccc(F)cc2Cl)CC1. The molecule has 150 valence electrons. The summed E-state index contributed by atoms with van der Waals surface area (Å²) in [4.78, 5) is 17.2. The number of piperazine rings is 1. The predicted molar refractivity (Wildman–Crippen MR) is 108 cm³/mol. The average molecular weight is 408 g/mol. The number of hydrogen-bond acceptors (Lipinski definition) is 3. The summed E-state index contributed by atoms with van der Waals surface area (Å²) < 4.78 is 27.2. The lowest BCUT2D eigenvalue weighted by Crippen LogP contribution is -2.46. The summed E-state index contributed by atoms with van der Waals surface area (Å²) in [5.74, 6) is -1.29. The molecule has 7 heteroatoms. The number of halogens is 3. The van der Waals surface area contributed by atoms with Crippen molar-refractivity contribution in [3.8, 4) is 0 Å². The first-order chi connectivity index (χ1) is 13.4. The lowest BCUT2D eigenvalue weighted by atomic mass is 10.0. The van der Waals surface area contributed by atoms with Gasteiger partial charge in [0.25, 0.3) is 5.91 Å². The summed E-state index contributed by atoms with van der Waals surface area (Å²) in [6.07, 6.45) is 0. The second kappa shape index (κ2) is 8.88. The van der Waals surface area contributed by atoms with Gasteiger partial charge in [-0.3, -0.25) is 4.79 Å². The molecule has 2 aromatic carbocycles. The molecule has 2 aromatic rings. The fraction of sp³-hybridized carbons (Fsp3) is 0.381. The number of hydrogen-bond donors (Lipinski definition) is 1. The summed E-state index contributed by atoms with van der Waals surface area (Å²) in [6, 6.07) is 7.85. The number of benzene rings is 2. The van der Waals surface area contributed by atoms with E-state index in [9.17, 15) is 13.6 Å². The van der Waals surface area contributed by atoms with Crippen LogP contribution in [0.4, 0.5) is 14.5 Å². The predicted octanol–water partition coefficient (Wildman–Crippen LogP) is 4.25. The number of carbonyl (C=O) groups excluding carboxylic acids is 1. The minimum Gasteiger partial charge on any atom is -0.369 e. The van der Waals surface area contributed by atoms with Gasteiger partial charge in [0.2, 0.25) is 0 Å². The molecule has 1 N–H and O–H groups in total. The molecule has 0 radical (unpaired) electrons. The average Bonchev–Trinajstić information content (AvgIpc) is 2.68. The molecule has 0 bridgehead atoms. The molecule has 1 aliphatic heterocycles. The van der Waals surface area contributed by atoms with Crippen molar-refractivity contribution in [2.24, 2.45) is 0 Å². The van der Waals surface area contributed by atoms with E-state index < -0.39 is 17.8 Å². The first-order valence-electron chi connectivity index (χ1n) is 9.41. The molecule has 0 aliphatic carbocycles. The maximum absolute atomic E-state index is 14.0. The van der Waals surface area contributed by atoms with Gasteiger partial charge in [-0.15, -0.1) is 0 Å². The molecule has 1 atom stereocenters. The topological polar surface area (TPSA) is 35.6 Å². The summed E-state index contributed by atoms with van der Waals surface area (Å²) in [6.45, 7) is 8.52. The number of anilines is 1. The molecule has 0 spiro atoms. The van der Waals surface area contributed by atoms with Crippen LogP contribution in [0.1, 0.15) is 35.8 Å². The zero-order valence-corrected chi connectivity index (χ0v) is 16.8. The van der Waals surface area contributed by atoms with Crippen molar-refractivity contribution in [2.45, 2.75) is 19.9 Å². The van der Waals surface area contributed by atoms with Crippen molar-refractivity contribution in [1.82, 2.24) is 10.2 Å². The highest BCUT2D eigenvalue weighted by Crippen LogP contribution is 2.29. The van der Waals surface area contributed by atoms with Crippen LogP contribution >= 0.6 is 11.6 Å². The Morgan fingerprint density at radius 2 is 1.75 bits per heavy atom. The summed E-state index contributed by atoms with van der Waals surface area (Å²) in [5.41, 5.74) is 1.80. The number of amides is 1. The molecule has 1 unspecified atom stereocenters. The van der Waals surface area contributed by atoms with Gasteiger partial charge in [-0.05, 0) is 49.9 Å². The van der Waals surface area contributed by atoms with E-state index in [1.165, 1.54) is 24.3 Å². The van der Waals surface area contributed by atoms with Crippen molar-refractivity contribution in [1.29, 1.82) is 0 Å². The minimum absolute atomic E-state index is 0.0415. The van der Waals surface area contributed by atoms with Gasteiger partial charge in [0.05, 0.1) is 16.6 Å². The third kappa shape index (κ3) is 4.62. The second-order valence-electron chi connectivity index (χ2n) is 6.94. The Hall–Kier alpha value is -2.18. The smallest absolute Gasteiger partial charge is 0.253 e. The molecule has 0 aromatic heterocycles. The summed E-state index contributed by atoms with van der Waals surface area (Å²) in [5, 5.41) is 2.89. The van der Waals surface area contributed by atoms with Crippen molar-refractivity contribution in [3.63, 3.8) is 0 Å². The first kappa shape index (κ1) is 20.6. The third-order valence-corrected chi connectivity index (χ3v) is 5.45. The summed E-state index contributed by atoms with van der Waals surface area (Å²) in [7, 11) is 0. The van der Waals surface area contributed by atoms with Crippen molar-refractivity contribution in [2.75, 3.05) is 37.6 Å². The van der Waals surface area contributed by atoms with Gasteiger partial charge in [-0.25, -0.2) is 8.78 Å². The molecular weight excluding hydrogens is 384 g/mol. The van der Waals surface area contributed by atoms with Gasteiger partial charge >= 0.3 is 0 Å². The van der Waals surface area contributed by atoms with Gasteiger partial charge in [-0.2, -0.15) is 0 Å². The van der Waals surface area contributed by atoms with Crippen LogP contribution < -0.4 is 10.2 Å². The van der Waals surface area contributed by atoms with Crippen LogP contribution in [0.5, 0.6) is 0 Å². The number of rotatable bonds is 5. The van der Waals surface area contributed by atoms with Crippen molar-refractivity contribution >= 4 is 23.2 Å². The molecule has 1 heterocycles.